The van der Waals surface area contributed by atoms with Gasteiger partial charge >= 0.3 is 6.03 Å². The molecule has 3 N–H and O–H groups in total. The Balaban J connectivity index is 4.09. The lowest BCUT2D eigenvalue weighted by molar-refractivity contribution is -0.631. The molecule has 0 aromatic rings. The first kappa shape index (κ1) is 16.9. The number of likely N-dealkylation sites (N-methyl/N-ethyl adjacent to an activating group) is 1. The van der Waals surface area contributed by atoms with Crippen molar-refractivity contribution >= 4 is 29.4 Å². The Kier molecular flexibility index (Phi) is 7.93. The van der Waals surface area contributed by atoms with Gasteiger partial charge in [0.1, 0.15) is 6.54 Å². The zero-order valence-electron chi connectivity index (χ0n) is 10.1. The van der Waals surface area contributed by atoms with Gasteiger partial charge in [-0.25, -0.2) is 14.9 Å². The maximum Gasteiger partial charge on any atom is 0.375 e. The maximum absolute atomic E-state index is 11.3. The summed E-state index contributed by atoms with van der Waals surface area (Å²) < 4.78 is 0. The molecule has 19 heavy (non-hydrogen) atoms. The molecule has 0 spiro atoms. The minimum atomic E-state index is -1.05. The van der Waals surface area contributed by atoms with E-state index < -0.39 is 29.4 Å². The van der Waals surface area contributed by atoms with Gasteiger partial charge < -0.3 is 16.0 Å². The first-order valence-electron chi connectivity index (χ1n) is 5.15. The lowest BCUT2D eigenvalue weighted by Crippen LogP contribution is -2.48. The van der Waals surface area contributed by atoms with Crippen LogP contribution in [0.5, 0.6) is 0 Å². The van der Waals surface area contributed by atoms with Gasteiger partial charge in [-0.3, -0.25) is 9.59 Å². The second-order valence-corrected chi connectivity index (χ2v) is 3.54. The molecule has 0 rings (SSSR count). The highest BCUT2D eigenvalue weighted by Crippen LogP contribution is 1.91. The smallest absolute Gasteiger partial charge is 0.358 e. The van der Waals surface area contributed by atoms with Crippen LogP contribution in [0.1, 0.15) is 0 Å². The summed E-state index contributed by atoms with van der Waals surface area (Å²) in [6.07, 6.45) is 0. The Morgan fingerprint density at radius 3 is 2.26 bits per heavy atom. The van der Waals surface area contributed by atoms with E-state index in [-0.39, 0.29) is 24.0 Å². The van der Waals surface area contributed by atoms with Crippen LogP contribution >= 0.6 is 11.6 Å². The van der Waals surface area contributed by atoms with E-state index >= 15 is 0 Å². The normalized spacial score (nSPS) is 9.37. The molecule has 0 aliphatic carbocycles. The number of amides is 4. The van der Waals surface area contributed by atoms with Crippen LogP contribution in [0, 0.1) is 10.1 Å². The quantitative estimate of drug-likeness (QED) is 0.292. The number of rotatable bonds is 7. The van der Waals surface area contributed by atoms with E-state index in [1.807, 2.05) is 5.32 Å². The monoisotopic (exact) mass is 295 g/mol. The van der Waals surface area contributed by atoms with Crippen molar-refractivity contribution in [1.29, 1.82) is 0 Å². The van der Waals surface area contributed by atoms with Crippen LogP contribution in [0.2, 0.25) is 0 Å². The largest absolute Gasteiger partial charge is 0.375 e. The molecular weight excluding hydrogens is 282 g/mol. The molecule has 0 radical (unpaired) electrons. The summed E-state index contributed by atoms with van der Waals surface area (Å²) >= 11 is 5.30. The molecule has 0 atom stereocenters. The van der Waals surface area contributed by atoms with E-state index in [0.29, 0.717) is 0 Å². The van der Waals surface area contributed by atoms with Crippen molar-refractivity contribution in [1.82, 2.24) is 21.0 Å². The van der Waals surface area contributed by atoms with Crippen molar-refractivity contribution in [2.75, 3.05) is 32.6 Å². The molecule has 4 amide bonds. The maximum atomic E-state index is 11.3. The number of hydrogen-bond acceptors (Lipinski definition) is 5. The van der Waals surface area contributed by atoms with Crippen molar-refractivity contribution in [3.63, 3.8) is 0 Å². The molecule has 11 heteroatoms. The fourth-order valence-corrected chi connectivity index (χ4v) is 1.07. The molecule has 0 aliphatic rings. The predicted octanol–water partition coefficient (Wildman–Crippen LogP) is -1.71. The van der Waals surface area contributed by atoms with Gasteiger partial charge in [0.2, 0.25) is 11.8 Å². The lowest BCUT2D eigenvalue weighted by Gasteiger charge is -2.11. The number of carbonyl (C=O) groups excluding carboxylic acids is 3. The fourth-order valence-electron chi connectivity index (χ4n) is 0.914. The van der Waals surface area contributed by atoms with Gasteiger partial charge in [0, 0.05) is 12.9 Å². The number of halogens is 1. The fraction of sp³-hybridized carbons (Fsp3) is 0.625. The van der Waals surface area contributed by atoms with Gasteiger partial charge in [-0.2, -0.15) is 0 Å². The number of nitrogens with zero attached hydrogens (tertiary/aromatic N) is 2. The van der Waals surface area contributed by atoms with Gasteiger partial charge in [0.15, 0.2) is 5.03 Å². The number of carbonyl (C=O) groups is 3. The molecule has 0 fully saturated rings. The third-order valence-electron chi connectivity index (χ3n) is 1.85. The molecule has 0 aliphatic heterocycles. The van der Waals surface area contributed by atoms with Crippen LogP contribution in [0.15, 0.2) is 0 Å². The Morgan fingerprint density at radius 1 is 1.21 bits per heavy atom. The summed E-state index contributed by atoms with van der Waals surface area (Å²) in [4.78, 5) is 43.8. The van der Waals surface area contributed by atoms with E-state index in [0.717, 1.165) is 0 Å². The molecule has 0 heterocycles. The number of urea groups is 1. The zero-order valence-corrected chi connectivity index (χ0v) is 10.9. The number of alkyl halides is 1. The molecular formula is C8H14ClN5O5. The number of nitrogens with one attached hydrogen (secondary N) is 3. The summed E-state index contributed by atoms with van der Waals surface area (Å²) in [5.74, 6) is -1.17. The topological polar surface area (TPSA) is 134 Å². The Bertz CT molecular complexity index is 363. The van der Waals surface area contributed by atoms with Crippen LogP contribution in [0.4, 0.5) is 4.79 Å². The zero-order chi connectivity index (χ0) is 14.8. The highest BCUT2D eigenvalue weighted by Gasteiger charge is 2.23. The minimum absolute atomic E-state index is 0.114. The average molecular weight is 296 g/mol. The summed E-state index contributed by atoms with van der Waals surface area (Å²) in [7, 11) is 1.40. The van der Waals surface area contributed by atoms with Gasteiger partial charge in [-0.05, 0) is 5.01 Å². The molecule has 0 saturated carbocycles. The predicted molar refractivity (Wildman–Crippen MR) is 64.9 cm³/mol. The third kappa shape index (κ3) is 7.03. The second-order valence-electron chi connectivity index (χ2n) is 3.16. The molecule has 10 nitrogen and oxygen atoms in total. The van der Waals surface area contributed by atoms with Gasteiger partial charge in [0.05, 0.1) is 13.1 Å². The number of hydrazine groups is 1. The van der Waals surface area contributed by atoms with Crippen LogP contribution < -0.4 is 16.0 Å². The highest BCUT2D eigenvalue weighted by atomic mass is 35.5. The van der Waals surface area contributed by atoms with Crippen molar-refractivity contribution in [2.45, 2.75) is 0 Å². The molecule has 0 saturated heterocycles. The molecule has 0 aromatic carbocycles. The van der Waals surface area contributed by atoms with Crippen molar-refractivity contribution in [2.24, 2.45) is 0 Å². The van der Waals surface area contributed by atoms with Crippen LogP contribution in [0.3, 0.4) is 0 Å². The molecule has 0 unspecified atom stereocenters. The van der Waals surface area contributed by atoms with Crippen LogP contribution in [0.25, 0.3) is 0 Å². The van der Waals surface area contributed by atoms with E-state index in [2.05, 4.69) is 10.6 Å². The van der Waals surface area contributed by atoms with Crippen molar-refractivity contribution < 1.29 is 19.4 Å². The van der Waals surface area contributed by atoms with Crippen LogP contribution in [-0.2, 0) is 9.59 Å². The summed E-state index contributed by atoms with van der Waals surface area (Å²) in [6, 6.07) is -1.05. The molecule has 108 valence electrons. The lowest BCUT2D eigenvalue weighted by atomic mass is 10.5. The summed E-state index contributed by atoms with van der Waals surface area (Å²) in [5.41, 5.74) is 0. The van der Waals surface area contributed by atoms with E-state index in [9.17, 15) is 24.5 Å². The van der Waals surface area contributed by atoms with Gasteiger partial charge in [-0.15, -0.1) is 11.6 Å². The minimum Gasteiger partial charge on any atom is -0.358 e. The first-order chi connectivity index (χ1) is 8.92. The number of hydrogen-bond donors (Lipinski definition) is 3. The summed E-state index contributed by atoms with van der Waals surface area (Å²) in [5, 5.41) is 16.3. The standard InChI is InChI=1S/C8H14ClN5O5/c1-10-6(15)4-11-7(16)5-12-8(17)13(3-2-9)14(18)19/h2-5H2,1H3,(H,10,15)(H,11,16)(H,12,17). The van der Waals surface area contributed by atoms with Crippen molar-refractivity contribution in [3.8, 4) is 0 Å². The molecule has 0 aromatic heterocycles. The van der Waals surface area contributed by atoms with Crippen molar-refractivity contribution in [3.05, 3.63) is 10.1 Å². The van der Waals surface area contributed by atoms with E-state index in [1.54, 1.807) is 0 Å². The Labute approximate surface area is 113 Å². The number of nitro groups is 1. The SMILES string of the molecule is CNC(=O)CNC(=O)CNC(=O)N(CCCl)[N+](=O)[O-]. The average Bonchev–Trinajstić information content (AvgIpc) is 2.38. The first-order valence-corrected chi connectivity index (χ1v) is 5.68. The van der Waals surface area contributed by atoms with Gasteiger partial charge in [0.25, 0.3) is 0 Å². The Hall–Kier alpha value is -2.10. The Morgan fingerprint density at radius 2 is 1.79 bits per heavy atom. The molecule has 0 bridgehead atoms. The van der Waals surface area contributed by atoms with E-state index in [4.69, 9.17) is 11.6 Å². The van der Waals surface area contributed by atoms with Gasteiger partial charge in [-0.1, -0.05) is 0 Å². The summed E-state index contributed by atoms with van der Waals surface area (Å²) in [6.45, 7) is -1.02. The second kappa shape index (κ2) is 8.91. The highest BCUT2D eigenvalue weighted by molar-refractivity contribution is 6.18. The van der Waals surface area contributed by atoms with E-state index in [1.165, 1.54) is 7.05 Å². The van der Waals surface area contributed by atoms with Crippen LogP contribution in [-0.4, -0.2) is 60.4 Å². The third-order valence-corrected chi connectivity index (χ3v) is 2.02.